The number of piperidine rings is 1. The molecule has 1 aliphatic heterocycles. The molecule has 0 radical (unpaired) electrons. The average molecular weight is 467 g/mol. The Bertz CT molecular complexity index is 1300. The summed E-state index contributed by atoms with van der Waals surface area (Å²) in [5, 5.41) is 3.25. The van der Waals surface area contributed by atoms with Gasteiger partial charge in [-0.25, -0.2) is 14.4 Å². The molecule has 5 rings (SSSR count). The van der Waals surface area contributed by atoms with Gasteiger partial charge >= 0.3 is 0 Å². The predicted molar refractivity (Wildman–Crippen MR) is 120 cm³/mol. The third kappa shape index (κ3) is 4.19. The molecule has 2 atom stereocenters. The molecule has 1 aromatic carbocycles. The number of amides is 2. The average Bonchev–Trinajstić information content (AvgIpc) is 3.50. The van der Waals surface area contributed by atoms with Crippen LogP contribution in [0.15, 0.2) is 61.4 Å². The molecule has 3 aromatic heterocycles. The highest BCUT2D eigenvalue weighted by Gasteiger charge is 2.35. The summed E-state index contributed by atoms with van der Waals surface area (Å²) in [4.78, 5) is 38.7. The number of carbonyl (C=O) groups excluding carboxylic acids is 2. The van der Waals surface area contributed by atoms with Crippen molar-refractivity contribution in [2.75, 3.05) is 13.1 Å². The van der Waals surface area contributed by atoms with Gasteiger partial charge in [0.25, 0.3) is 11.8 Å². The van der Waals surface area contributed by atoms with Crippen molar-refractivity contribution >= 4 is 28.9 Å². The highest BCUT2D eigenvalue weighted by Crippen LogP contribution is 2.32. The number of fused-ring (bicyclic) bond motifs is 1. The van der Waals surface area contributed by atoms with Crippen LogP contribution in [0.1, 0.15) is 38.9 Å². The van der Waals surface area contributed by atoms with Crippen molar-refractivity contribution in [3.05, 3.63) is 89.2 Å². The van der Waals surface area contributed by atoms with Crippen LogP contribution in [0.5, 0.6) is 0 Å². The van der Waals surface area contributed by atoms with Crippen molar-refractivity contribution in [1.82, 2.24) is 29.6 Å². The normalized spacial score (nSPS) is 18.4. The molecule has 0 aliphatic carbocycles. The summed E-state index contributed by atoms with van der Waals surface area (Å²) >= 11 is 6.09. The fraction of sp³-hybridized carbons (Fsp3) is 0.217. The summed E-state index contributed by atoms with van der Waals surface area (Å²) < 4.78 is 15.9. The number of benzene rings is 1. The molecule has 10 heteroatoms. The number of hydrogen-bond acceptors (Lipinski definition) is 4. The van der Waals surface area contributed by atoms with Crippen LogP contribution in [0, 0.1) is 5.82 Å². The third-order valence-corrected chi connectivity index (χ3v) is 6.14. The number of nitrogens with zero attached hydrogens (tertiary/aromatic N) is 4. The number of likely N-dealkylation sites (tertiary alicyclic amines) is 1. The van der Waals surface area contributed by atoms with Crippen molar-refractivity contribution < 1.29 is 14.0 Å². The second kappa shape index (κ2) is 8.67. The lowest BCUT2D eigenvalue weighted by Gasteiger charge is -2.39. The van der Waals surface area contributed by atoms with Gasteiger partial charge in [-0.1, -0.05) is 11.6 Å². The Hall–Kier alpha value is -3.72. The zero-order valence-corrected chi connectivity index (χ0v) is 18.2. The lowest BCUT2D eigenvalue weighted by Crippen LogP contribution is -2.53. The number of nitrogens with one attached hydrogen (secondary N) is 2. The maximum atomic E-state index is 14.1. The Labute approximate surface area is 193 Å². The van der Waals surface area contributed by atoms with E-state index in [1.54, 1.807) is 46.2 Å². The molecule has 33 heavy (non-hydrogen) atoms. The number of aromatic amines is 1. The lowest BCUT2D eigenvalue weighted by atomic mass is 9.84. The number of hydrogen-bond donors (Lipinski definition) is 2. The van der Waals surface area contributed by atoms with Gasteiger partial charge in [0.15, 0.2) is 5.82 Å². The number of H-pyrrole nitrogens is 1. The lowest BCUT2D eigenvalue weighted by molar-refractivity contribution is 0.0655. The Balaban J connectivity index is 1.44. The minimum Gasteiger partial charge on any atom is -0.344 e. The molecule has 0 spiro atoms. The van der Waals surface area contributed by atoms with Crippen molar-refractivity contribution in [3.63, 3.8) is 0 Å². The molecule has 2 amide bonds. The molecule has 1 aliphatic rings. The van der Waals surface area contributed by atoms with Gasteiger partial charge < -0.3 is 19.6 Å². The van der Waals surface area contributed by atoms with E-state index in [1.165, 1.54) is 18.3 Å². The predicted octanol–water partition coefficient (Wildman–Crippen LogP) is 3.28. The van der Waals surface area contributed by atoms with E-state index in [0.717, 1.165) is 0 Å². The van der Waals surface area contributed by atoms with Crippen LogP contribution in [0.2, 0.25) is 5.02 Å². The summed E-state index contributed by atoms with van der Waals surface area (Å²) in [5.74, 6) is -1.07. The topological polar surface area (TPSA) is 95.4 Å². The summed E-state index contributed by atoms with van der Waals surface area (Å²) in [6.07, 6.45) is 8.68. The fourth-order valence-corrected chi connectivity index (χ4v) is 4.63. The zero-order valence-electron chi connectivity index (χ0n) is 17.4. The van der Waals surface area contributed by atoms with E-state index in [1.807, 2.05) is 6.20 Å². The highest BCUT2D eigenvalue weighted by molar-refractivity contribution is 6.30. The molecular formula is C23H20ClFN6O2. The minimum atomic E-state index is -0.470. The van der Waals surface area contributed by atoms with E-state index in [2.05, 4.69) is 20.3 Å². The number of pyridine rings is 1. The number of carbonyl (C=O) groups is 2. The van der Waals surface area contributed by atoms with Crippen LogP contribution in [0.25, 0.3) is 5.52 Å². The van der Waals surface area contributed by atoms with Gasteiger partial charge in [0.2, 0.25) is 0 Å². The molecule has 4 aromatic rings. The summed E-state index contributed by atoms with van der Waals surface area (Å²) in [5.41, 5.74) is 1.91. The zero-order chi connectivity index (χ0) is 22.9. The van der Waals surface area contributed by atoms with Crippen molar-refractivity contribution in [2.24, 2.45) is 0 Å². The van der Waals surface area contributed by atoms with Crippen LogP contribution in [0.3, 0.4) is 0 Å². The van der Waals surface area contributed by atoms with Crippen molar-refractivity contribution in [1.29, 1.82) is 0 Å². The second-order valence-corrected chi connectivity index (χ2v) is 8.41. The van der Waals surface area contributed by atoms with Gasteiger partial charge in [0.05, 0.1) is 29.6 Å². The Morgan fingerprint density at radius 3 is 2.94 bits per heavy atom. The quantitative estimate of drug-likeness (QED) is 0.482. The van der Waals surface area contributed by atoms with Gasteiger partial charge in [-0.15, -0.1) is 0 Å². The van der Waals surface area contributed by atoms with E-state index in [-0.39, 0.29) is 29.2 Å². The van der Waals surface area contributed by atoms with Gasteiger partial charge in [-0.05, 0) is 42.3 Å². The molecule has 0 saturated carbocycles. The largest absolute Gasteiger partial charge is 0.344 e. The molecule has 4 heterocycles. The smallest absolute Gasteiger partial charge is 0.287 e. The maximum absolute atomic E-state index is 14.1. The molecule has 1 saturated heterocycles. The first-order valence-electron chi connectivity index (χ1n) is 10.5. The first-order valence-corrected chi connectivity index (χ1v) is 10.8. The van der Waals surface area contributed by atoms with Crippen LogP contribution in [-0.2, 0) is 0 Å². The molecule has 0 bridgehead atoms. The molecule has 2 N–H and O–H groups in total. The van der Waals surface area contributed by atoms with Gasteiger partial charge in [0, 0.05) is 42.6 Å². The highest BCUT2D eigenvalue weighted by atomic mass is 35.5. The van der Waals surface area contributed by atoms with E-state index in [9.17, 15) is 14.0 Å². The van der Waals surface area contributed by atoms with Crippen LogP contribution >= 0.6 is 11.6 Å². The second-order valence-electron chi connectivity index (χ2n) is 7.97. The third-order valence-electron chi connectivity index (χ3n) is 5.92. The molecule has 8 nitrogen and oxygen atoms in total. The first-order chi connectivity index (χ1) is 16.0. The van der Waals surface area contributed by atoms with Crippen molar-refractivity contribution in [3.8, 4) is 0 Å². The summed E-state index contributed by atoms with van der Waals surface area (Å²) in [6, 6.07) is 7.45. The Morgan fingerprint density at radius 2 is 2.15 bits per heavy atom. The monoisotopic (exact) mass is 466 g/mol. The number of rotatable bonds is 4. The number of imidazole rings is 2. The minimum absolute atomic E-state index is 0.158. The van der Waals surface area contributed by atoms with Crippen LogP contribution in [0.4, 0.5) is 4.39 Å². The SMILES string of the molecule is O=C(N[C@@H]1CN(C(=O)c2cccn3cncc23)CC[C@H]1c1cc(F)cc(Cl)c1)c1ncc[nH]1. The van der Waals surface area contributed by atoms with Gasteiger partial charge in [-0.3, -0.25) is 9.59 Å². The number of aromatic nitrogens is 4. The standard InChI is InChI=1S/C23H20ClFN6O2/c24-15-8-14(9-16(25)10-15)17-3-7-30(12-19(17)29-22(32)21-27-4-5-28-21)23(33)18-2-1-6-31-13-26-11-20(18)31/h1-2,4-6,8-11,13,17,19H,3,7,12H2,(H,27,28)(H,29,32)/t17-,19+/m0/s1. The Kier molecular flexibility index (Phi) is 5.55. The van der Waals surface area contributed by atoms with Crippen molar-refractivity contribution in [2.45, 2.75) is 18.4 Å². The summed E-state index contributed by atoms with van der Waals surface area (Å²) in [7, 11) is 0. The molecule has 1 fully saturated rings. The van der Waals surface area contributed by atoms with E-state index in [4.69, 9.17) is 11.6 Å². The molecule has 168 valence electrons. The summed E-state index contributed by atoms with van der Waals surface area (Å²) in [6.45, 7) is 0.694. The van der Waals surface area contributed by atoms with Gasteiger partial charge in [0.1, 0.15) is 5.82 Å². The fourth-order valence-electron chi connectivity index (χ4n) is 4.40. The van der Waals surface area contributed by atoms with Crippen LogP contribution < -0.4 is 5.32 Å². The maximum Gasteiger partial charge on any atom is 0.287 e. The Morgan fingerprint density at radius 1 is 1.27 bits per heavy atom. The van der Waals surface area contributed by atoms with E-state index in [0.29, 0.717) is 29.6 Å². The number of halogens is 2. The molecule has 0 unspecified atom stereocenters. The van der Waals surface area contributed by atoms with Gasteiger partial charge in [-0.2, -0.15) is 0 Å². The van der Waals surface area contributed by atoms with Crippen LogP contribution in [-0.4, -0.2) is 55.2 Å². The van der Waals surface area contributed by atoms with E-state index < -0.39 is 17.8 Å². The molecular weight excluding hydrogens is 447 g/mol. The van der Waals surface area contributed by atoms with E-state index >= 15 is 0 Å². The first kappa shape index (κ1) is 21.1.